The van der Waals surface area contributed by atoms with E-state index in [9.17, 15) is 0 Å². The predicted molar refractivity (Wildman–Crippen MR) is 200 cm³/mol. The van der Waals surface area contributed by atoms with Gasteiger partial charge in [-0.25, -0.2) is 0 Å². The molecule has 0 unspecified atom stereocenters. The molecule has 0 aromatic heterocycles. The predicted octanol–water partition coefficient (Wildman–Crippen LogP) is 9.05. The highest BCUT2D eigenvalue weighted by molar-refractivity contribution is 9.10. The summed E-state index contributed by atoms with van der Waals surface area (Å²) in [6, 6.07) is 62.1. The minimum absolute atomic E-state index is 0.258. The van der Waals surface area contributed by atoms with Crippen LogP contribution >= 0.6 is 15.9 Å². The monoisotopic (exact) mass is 663 g/mol. The van der Waals surface area contributed by atoms with Crippen molar-refractivity contribution >= 4 is 61.7 Å². The Balaban J connectivity index is 1.77. The second kappa shape index (κ2) is 13.7. The van der Waals surface area contributed by atoms with E-state index in [1.165, 1.54) is 43.3 Å². The minimum atomic E-state index is -2.86. The van der Waals surface area contributed by atoms with Crippen molar-refractivity contribution in [2.75, 3.05) is 4.90 Å². The molecule has 0 bridgehead atoms. The zero-order valence-corrected chi connectivity index (χ0v) is 28.7. The summed E-state index contributed by atoms with van der Waals surface area (Å²) in [5, 5.41) is 5.39. The fraction of sp³-hybridized carbons (Fsp3) is 0.0952. The molecule has 0 N–H and O–H groups in total. The molecule has 6 rings (SSSR count). The van der Waals surface area contributed by atoms with Gasteiger partial charge < -0.3 is 4.90 Å². The van der Waals surface area contributed by atoms with E-state index in [2.05, 4.69) is 211 Å². The maximum atomic E-state index is 3.85. The molecule has 0 spiro atoms. The number of para-hydroxylation sites is 2. The number of hydrogen-bond donors (Lipinski definition) is 0. The fourth-order valence-electron chi connectivity index (χ4n) is 6.73. The maximum absolute atomic E-state index is 3.85. The van der Waals surface area contributed by atoms with E-state index in [-0.39, 0.29) is 5.92 Å². The lowest BCUT2D eigenvalue weighted by molar-refractivity contribution is 0.748. The van der Waals surface area contributed by atoms with Crippen molar-refractivity contribution in [3.63, 3.8) is 0 Å². The summed E-state index contributed by atoms with van der Waals surface area (Å²) in [5.74, 6) is 0.258. The van der Waals surface area contributed by atoms with Crippen molar-refractivity contribution in [3.8, 4) is 0 Å². The van der Waals surface area contributed by atoms with Gasteiger partial charge in [0.1, 0.15) is 0 Å². The van der Waals surface area contributed by atoms with E-state index in [0.717, 1.165) is 10.2 Å². The molecular formula is C42H38BrNSi. The molecule has 0 aliphatic carbocycles. The van der Waals surface area contributed by atoms with E-state index in [1.54, 1.807) is 0 Å². The highest BCUT2D eigenvalue weighted by Gasteiger charge is 2.44. The molecule has 222 valence electrons. The van der Waals surface area contributed by atoms with E-state index >= 15 is 0 Å². The van der Waals surface area contributed by atoms with Crippen molar-refractivity contribution in [1.82, 2.24) is 0 Å². The third-order valence-electron chi connectivity index (χ3n) is 8.61. The van der Waals surface area contributed by atoms with E-state index < -0.39 is 8.07 Å². The van der Waals surface area contributed by atoms with Crippen LogP contribution in [-0.4, -0.2) is 8.07 Å². The average Bonchev–Trinajstić information content (AvgIpc) is 3.09. The van der Waals surface area contributed by atoms with Gasteiger partial charge in [-0.3, -0.25) is 0 Å². The van der Waals surface area contributed by atoms with Gasteiger partial charge in [0.25, 0.3) is 0 Å². The second-order valence-corrected chi connectivity index (χ2v) is 16.4. The minimum Gasteiger partial charge on any atom is -0.314 e. The molecule has 1 nitrogen and oxygen atoms in total. The van der Waals surface area contributed by atoms with E-state index in [4.69, 9.17) is 0 Å². The zero-order chi connectivity index (χ0) is 31.2. The van der Waals surface area contributed by atoms with Crippen LogP contribution in [0.15, 0.2) is 180 Å². The molecular weight excluding hydrogens is 626 g/mol. The molecule has 0 amide bonds. The Labute approximate surface area is 277 Å². The molecule has 0 aliphatic heterocycles. The summed E-state index contributed by atoms with van der Waals surface area (Å²) < 4.78 is 1.09. The summed E-state index contributed by atoms with van der Waals surface area (Å²) >= 11 is 3.85. The van der Waals surface area contributed by atoms with Crippen LogP contribution in [0.1, 0.15) is 26.3 Å². The van der Waals surface area contributed by atoms with Crippen molar-refractivity contribution in [1.29, 1.82) is 0 Å². The fourth-order valence-corrected chi connectivity index (χ4v) is 12.3. The Morgan fingerprint density at radius 1 is 0.556 bits per heavy atom. The van der Waals surface area contributed by atoms with Crippen LogP contribution in [0.25, 0.3) is 5.57 Å². The Hall–Kier alpha value is -4.44. The Morgan fingerprint density at radius 3 is 1.60 bits per heavy atom. The van der Waals surface area contributed by atoms with Gasteiger partial charge in [0, 0.05) is 21.5 Å². The molecule has 6 aromatic carbocycles. The van der Waals surface area contributed by atoms with Crippen LogP contribution in [0.2, 0.25) is 0 Å². The summed E-state index contributed by atoms with van der Waals surface area (Å²) in [5.41, 5.74) is 6.17. The smallest absolute Gasteiger partial charge is 0.181 e. The first-order valence-corrected chi connectivity index (χ1v) is 18.4. The largest absolute Gasteiger partial charge is 0.314 e. The molecule has 0 heterocycles. The van der Waals surface area contributed by atoms with Gasteiger partial charge in [-0.15, -0.1) is 0 Å². The van der Waals surface area contributed by atoms with Crippen LogP contribution in [0.3, 0.4) is 0 Å². The van der Waals surface area contributed by atoms with Gasteiger partial charge in [0.2, 0.25) is 0 Å². The van der Waals surface area contributed by atoms with Crippen molar-refractivity contribution < 1.29 is 0 Å². The molecule has 0 fully saturated rings. The first kappa shape index (κ1) is 30.6. The van der Waals surface area contributed by atoms with Gasteiger partial charge in [-0.1, -0.05) is 169 Å². The molecule has 0 atom stereocenters. The molecule has 0 radical (unpaired) electrons. The normalized spacial score (nSPS) is 12.1. The van der Waals surface area contributed by atoms with Crippen LogP contribution in [0.4, 0.5) is 11.4 Å². The highest BCUT2D eigenvalue weighted by atomic mass is 79.9. The Bertz CT molecular complexity index is 1840. The van der Waals surface area contributed by atoms with Gasteiger partial charge in [0.05, 0.1) is 0 Å². The standard InChI is InChI=1S/C42H38BrNSi/c1-32(2)42(33(3)34-19-8-4-9-20-34)44(36-22-10-5-11-23-36)40-29-16-17-30-41(40)45(37-24-12-6-13-25-37,38-26-14-7-15-27-38)39-28-18-21-35(43)31-39/h4-32H,1-3H3. The third-order valence-corrected chi connectivity index (χ3v) is 13.9. The number of benzene rings is 6. The maximum Gasteiger partial charge on any atom is 0.181 e. The van der Waals surface area contributed by atoms with Crippen molar-refractivity contribution in [2.24, 2.45) is 5.92 Å². The van der Waals surface area contributed by atoms with Crippen molar-refractivity contribution in [3.05, 3.63) is 186 Å². The lowest BCUT2D eigenvalue weighted by atomic mass is 9.96. The first-order valence-electron chi connectivity index (χ1n) is 15.6. The van der Waals surface area contributed by atoms with Crippen LogP contribution in [-0.2, 0) is 0 Å². The van der Waals surface area contributed by atoms with Gasteiger partial charge in [-0.2, -0.15) is 0 Å². The summed E-state index contributed by atoms with van der Waals surface area (Å²) in [7, 11) is -2.86. The molecule has 45 heavy (non-hydrogen) atoms. The van der Waals surface area contributed by atoms with Gasteiger partial charge in [0.15, 0.2) is 8.07 Å². The number of anilines is 2. The topological polar surface area (TPSA) is 3.24 Å². The van der Waals surface area contributed by atoms with Gasteiger partial charge >= 0.3 is 0 Å². The molecule has 0 saturated carbocycles. The van der Waals surface area contributed by atoms with E-state index in [0.29, 0.717) is 0 Å². The van der Waals surface area contributed by atoms with Crippen LogP contribution in [0.5, 0.6) is 0 Å². The lowest BCUT2D eigenvalue weighted by Crippen LogP contribution is -2.75. The zero-order valence-electron chi connectivity index (χ0n) is 26.1. The Morgan fingerprint density at radius 2 is 1.04 bits per heavy atom. The lowest BCUT2D eigenvalue weighted by Gasteiger charge is -2.40. The number of rotatable bonds is 9. The number of hydrogen-bond acceptors (Lipinski definition) is 1. The summed E-state index contributed by atoms with van der Waals surface area (Å²) in [6.07, 6.45) is 0. The highest BCUT2D eigenvalue weighted by Crippen LogP contribution is 2.37. The van der Waals surface area contributed by atoms with Gasteiger partial charge in [-0.05, 0) is 75.1 Å². The average molecular weight is 665 g/mol. The molecule has 3 heteroatoms. The molecule has 0 saturated heterocycles. The Kier molecular flexibility index (Phi) is 9.30. The summed E-state index contributed by atoms with van der Waals surface area (Å²) in [6.45, 7) is 6.90. The first-order chi connectivity index (χ1) is 22.0. The SMILES string of the molecule is CC(=C(C(C)C)N(c1ccccc1)c1ccccc1[Si](c1ccccc1)(c1ccccc1)c1cccc(Br)c1)c1ccccc1. The number of halogens is 1. The molecule has 6 aromatic rings. The van der Waals surface area contributed by atoms with Crippen LogP contribution in [0, 0.1) is 5.92 Å². The third kappa shape index (κ3) is 5.98. The van der Waals surface area contributed by atoms with E-state index in [1.807, 2.05) is 0 Å². The molecule has 0 aliphatic rings. The number of allylic oxidation sites excluding steroid dienone is 2. The quantitative estimate of drug-likeness (QED) is 0.110. The van der Waals surface area contributed by atoms with Crippen LogP contribution < -0.4 is 25.6 Å². The second-order valence-electron chi connectivity index (χ2n) is 11.7. The van der Waals surface area contributed by atoms with Crippen molar-refractivity contribution in [2.45, 2.75) is 20.8 Å². The number of nitrogens with zero attached hydrogens (tertiary/aromatic N) is 1. The summed E-state index contributed by atoms with van der Waals surface area (Å²) in [4.78, 5) is 2.54.